The molecule has 24 heavy (non-hydrogen) atoms. The molecule has 3 rings (SSSR count). The Morgan fingerprint density at radius 3 is 2.71 bits per heavy atom. The van der Waals surface area contributed by atoms with E-state index >= 15 is 0 Å². The van der Waals surface area contributed by atoms with Crippen LogP contribution in [0.3, 0.4) is 0 Å². The number of anilines is 1. The Morgan fingerprint density at radius 1 is 1.29 bits per heavy atom. The number of nitrogens with two attached hydrogens (primary N) is 1. The molecule has 0 bridgehead atoms. The topological polar surface area (TPSA) is 105 Å². The van der Waals surface area contributed by atoms with Gasteiger partial charge in [-0.2, -0.15) is 5.26 Å². The molecule has 0 unspecified atom stereocenters. The first-order valence-electron chi connectivity index (χ1n) is 7.69. The molecule has 0 aromatic carbocycles. The van der Waals surface area contributed by atoms with Crippen LogP contribution in [0.25, 0.3) is 0 Å². The molecular weight excluding hydrogens is 306 g/mol. The molecule has 2 N–H and O–H groups in total. The zero-order chi connectivity index (χ0) is 16.9. The number of aromatic nitrogens is 2. The van der Waals surface area contributed by atoms with E-state index in [1.165, 1.54) is 6.20 Å². The van der Waals surface area contributed by atoms with Gasteiger partial charge in [0.1, 0.15) is 29.4 Å². The van der Waals surface area contributed by atoms with E-state index in [1.807, 2.05) is 6.07 Å². The minimum Gasteiger partial charge on any atom is -0.490 e. The lowest BCUT2D eigenvalue weighted by Gasteiger charge is -2.33. The average Bonchev–Trinajstić information content (AvgIpc) is 2.63. The van der Waals surface area contributed by atoms with Crippen LogP contribution in [0.5, 0.6) is 5.75 Å². The number of ether oxygens (including phenoxy) is 1. The van der Waals surface area contributed by atoms with Crippen molar-refractivity contribution < 1.29 is 9.53 Å². The maximum atomic E-state index is 11.2. The van der Waals surface area contributed by atoms with Crippen molar-refractivity contribution in [3.63, 3.8) is 0 Å². The summed E-state index contributed by atoms with van der Waals surface area (Å²) in [7, 11) is 0. The van der Waals surface area contributed by atoms with Gasteiger partial charge in [-0.25, -0.2) is 4.98 Å². The number of rotatable bonds is 4. The third kappa shape index (κ3) is 3.60. The molecule has 3 heterocycles. The average molecular weight is 323 g/mol. The Balaban J connectivity index is 1.58. The Kier molecular flexibility index (Phi) is 4.57. The lowest BCUT2D eigenvalue weighted by Crippen LogP contribution is -2.38. The first kappa shape index (κ1) is 15.7. The van der Waals surface area contributed by atoms with Crippen LogP contribution in [-0.4, -0.2) is 35.1 Å². The number of amides is 1. The molecule has 2 aromatic rings. The van der Waals surface area contributed by atoms with Gasteiger partial charge in [-0.05, 0) is 18.2 Å². The van der Waals surface area contributed by atoms with Crippen molar-refractivity contribution in [1.82, 2.24) is 9.97 Å². The fourth-order valence-electron chi connectivity index (χ4n) is 2.65. The highest BCUT2D eigenvalue weighted by Gasteiger charge is 2.21. The lowest BCUT2D eigenvalue weighted by atomic mass is 10.1. The fourth-order valence-corrected chi connectivity index (χ4v) is 2.65. The van der Waals surface area contributed by atoms with E-state index in [9.17, 15) is 4.79 Å². The summed E-state index contributed by atoms with van der Waals surface area (Å²) in [6, 6.07) is 8.99. The van der Waals surface area contributed by atoms with Crippen LogP contribution in [0, 0.1) is 11.3 Å². The van der Waals surface area contributed by atoms with Gasteiger partial charge >= 0.3 is 0 Å². The third-order valence-electron chi connectivity index (χ3n) is 3.93. The van der Waals surface area contributed by atoms with Crippen molar-refractivity contribution in [2.24, 2.45) is 5.73 Å². The first-order valence-corrected chi connectivity index (χ1v) is 7.69. The summed E-state index contributed by atoms with van der Waals surface area (Å²) in [5.74, 6) is 0.906. The van der Waals surface area contributed by atoms with Gasteiger partial charge in [-0.1, -0.05) is 0 Å². The van der Waals surface area contributed by atoms with E-state index < -0.39 is 5.91 Å². The van der Waals surface area contributed by atoms with E-state index in [2.05, 4.69) is 20.9 Å². The maximum Gasteiger partial charge on any atom is 0.267 e. The second kappa shape index (κ2) is 6.96. The van der Waals surface area contributed by atoms with E-state index in [0.717, 1.165) is 31.7 Å². The van der Waals surface area contributed by atoms with Crippen molar-refractivity contribution in [1.29, 1.82) is 5.26 Å². The van der Waals surface area contributed by atoms with Crippen LogP contribution in [0.15, 0.2) is 36.7 Å². The molecule has 1 fully saturated rings. The van der Waals surface area contributed by atoms with Crippen LogP contribution in [-0.2, 0) is 0 Å². The highest BCUT2D eigenvalue weighted by molar-refractivity contribution is 5.91. The SMILES string of the molecule is N#Cc1ccc(N2CCC(Oc3ccnc(C(N)=O)c3)CC2)nc1. The number of carbonyl (C=O) groups excluding carboxylic acids is 1. The Bertz CT molecular complexity index is 761. The predicted octanol–water partition coefficient (Wildman–Crippen LogP) is 1.49. The van der Waals surface area contributed by atoms with E-state index in [-0.39, 0.29) is 11.8 Å². The van der Waals surface area contributed by atoms with Crippen LogP contribution in [0.1, 0.15) is 28.9 Å². The van der Waals surface area contributed by atoms with Crippen molar-refractivity contribution >= 4 is 11.7 Å². The molecule has 2 aromatic heterocycles. The van der Waals surface area contributed by atoms with Crippen LogP contribution in [0.4, 0.5) is 5.82 Å². The van der Waals surface area contributed by atoms with Gasteiger partial charge in [0.25, 0.3) is 5.91 Å². The second-order valence-corrected chi connectivity index (χ2v) is 5.56. The standard InChI is InChI=1S/C17H17N5O2/c18-10-12-1-2-16(21-11-12)22-7-4-13(5-8-22)24-14-3-6-20-15(9-14)17(19)23/h1-3,6,9,11,13H,4-5,7-8H2,(H2,19,23). The van der Waals surface area contributed by atoms with Crippen molar-refractivity contribution in [2.75, 3.05) is 18.0 Å². The minimum absolute atomic E-state index is 0.0720. The molecule has 0 saturated carbocycles. The Labute approximate surface area is 139 Å². The smallest absolute Gasteiger partial charge is 0.267 e. The number of hydrogen-bond donors (Lipinski definition) is 1. The zero-order valence-corrected chi connectivity index (χ0v) is 13.1. The van der Waals surface area contributed by atoms with Gasteiger partial charge in [0, 0.05) is 44.4 Å². The highest BCUT2D eigenvalue weighted by atomic mass is 16.5. The van der Waals surface area contributed by atoms with Crippen molar-refractivity contribution in [3.8, 4) is 11.8 Å². The molecule has 0 radical (unpaired) electrons. The highest BCUT2D eigenvalue weighted by Crippen LogP contribution is 2.22. The van der Waals surface area contributed by atoms with Gasteiger partial charge in [0.05, 0.1) is 5.56 Å². The number of nitriles is 1. The van der Waals surface area contributed by atoms with Crippen LogP contribution >= 0.6 is 0 Å². The number of carbonyl (C=O) groups is 1. The third-order valence-corrected chi connectivity index (χ3v) is 3.93. The summed E-state index contributed by atoms with van der Waals surface area (Å²) in [6.07, 6.45) is 4.86. The van der Waals surface area contributed by atoms with Gasteiger partial charge in [0.15, 0.2) is 0 Å². The Morgan fingerprint density at radius 2 is 2.08 bits per heavy atom. The second-order valence-electron chi connectivity index (χ2n) is 5.56. The van der Waals surface area contributed by atoms with E-state index in [4.69, 9.17) is 15.7 Å². The molecule has 0 atom stereocenters. The van der Waals surface area contributed by atoms with E-state index in [1.54, 1.807) is 24.4 Å². The summed E-state index contributed by atoms with van der Waals surface area (Å²) >= 11 is 0. The van der Waals surface area contributed by atoms with E-state index in [0.29, 0.717) is 11.3 Å². The van der Waals surface area contributed by atoms with Crippen molar-refractivity contribution in [3.05, 3.63) is 47.9 Å². The monoisotopic (exact) mass is 323 g/mol. The molecule has 7 heteroatoms. The number of pyridine rings is 2. The molecular formula is C17H17N5O2. The molecule has 1 amide bonds. The van der Waals surface area contributed by atoms with Crippen molar-refractivity contribution in [2.45, 2.75) is 18.9 Å². The summed E-state index contributed by atoms with van der Waals surface area (Å²) in [6.45, 7) is 1.63. The summed E-state index contributed by atoms with van der Waals surface area (Å²) in [5.41, 5.74) is 5.98. The minimum atomic E-state index is -0.567. The lowest BCUT2D eigenvalue weighted by molar-refractivity contribution is 0.0994. The zero-order valence-electron chi connectivity index (χ0n) is 13.1. The van der Waals surface area contributed by atoms with Gasteiger partial charge in [0.2, 0.25) is 0 Å². The number of hydrogen-bond acceptors (Lipinski definition) is 6. The molecule has 122 valence electrons. The quantitative estimate of drug-likeness (QED) is 0.914. The largest absolute Gasteiger partial charge is 0.490 e. The summed E-state index contributed by atoms with van der Waals surface area (Å²) in [4.78, 5) is 21.6. The van der Waals surface area contributed by atoms with Gasteiger partial charge in [-0.3, -0.25) is 9.78 Å². The molecule has 0 aliphatic carbocycles. The maximum absolute atomic E-state index is 11.2. The number of primary amides is 1. The molecule has 0 spiro atoms. The summed E-state index contributed by atoms with van der Waals surface area (Å²) in [5, 5.41) is 8.81. The Hall–Kier alpha value is -3.14. The summed E-state index contributed by atoms with van der Waals surface area (Å²) < 4.78 is 5.93. The normalized spacial score (nSPS) is 14.9. The number of piperidine rings is 1. The molecule has 1 saturated heterocycles. The molecule has 7 nitrogen and oxygen atoms in total. The number of nitrogens with zero attached hydrogens (tertiary/aromatic N) is 4. The van der Waals surface area contributed by atoms with Crippen LogP contribution < -0.4 is 15.4 Å². The van der Waals surface area contributed by atoms with Gasteiger partial charge in [-0.15, -0.1) is 0 Å². The predicted molar refractivity (Wildman–Crippen MR) is 87.6 cm³/mol. The molecule has 1 aliphatic heterocycles. The fraction of sp³-hybridized carbons (Fsp3) is 0.294. The van der Waals surface area contributed by atoms with Gasteiger partial charge < -0.3 is 15.4 Å². The molecule has 1 aliphatic rings. The first-order chi connectivity index (χ1) is 11.7. The van der Waals surface area contributed by atoms with Crippen LogP contribution in [0.2, 0.25) is 0 Å².